The molecular formula is C35H35Cl4N3O4S. The molecule has 0 heterocycles. The van der Waals surface area contributed by atoms with Crippen molar-refractivity contribution < 1.29 is 18.0 Å². The molecule has 4 rings (SSSR count). The van der Waals surface area contributed by atoms with Crippen LogP contribution in [0, 0.1) is 6.92 Å². The van der Waals surface area contributed by atoms with Gasteiger partial charge in [-0.25, -0.2) is 8.42 Å². The van der Waals surface area contributed by atoms with Crippen LogP contribution in [-0.2, 0) is 32.6 Å². The highest BCUT2D eigenvalue weighted by Crippen LogP contribution is 2.31. The lowest BCUT2D eigenvalue weighted by Crippen LogP contribution is -2.56. The predicted molar refractivity (Wildman–Crippen MR) is 191 cm³/mol. The molecule has 0 saturated heterocycles. The van der Waals surface area contributed by atoms with E-state index in [-0.39, 0.29) is 33.6 Å². The van der Waals surface area contributed by atoms with E-state index in [9.17, 15) is 18.0 Å². The van der Waals surface area contributed by atoms with Crippen molar-refractivity contribution >= 4 is 73.9 Å². The Bertz CT molecular complexity index is 1850. The van der Waals surface area contributed by atoms with Crippen LogP contribution in [0.2, 0.25) is 20.1 Å². The molecule has 7 nitrogen and oxygen atoms in total. The van der Waals surface area contributed by atoms with Gasteiger partial charge in [-0.1, -0.05) is 100 Å². The first-order valence-corrected chi connectivity index (χ1v) is 17.6. The molecular weight excluding hydrogens is 700 g/mol. The molecule has 0 fully saturated rings. The topological polar surface area (TPSA) is 86.8 Å². The molecule has 4 aromatic carbocycles. The highest BCUT2D eigenvalue weighted by molar-refractivity contribution is 7.92. The third-order valence-corrected chi connectivity index (χ3v) is 10.3. The zero-order valence-corrected chi connectivity index (χ0v) is 30.1. The Morgan fingerprint density at radius 2 is 1.47 bits per heavy atom. The molecule has 0 saturated carbocycles. The molecule has 4 aromatic rings. The van der Waals surface area contributed by atoms with Crippen molar-refractivity contribution in [1.82, 2.24) is 10.2 Å². The summed E-state index contributed by atoms with van der Waals surface area (Å²) < 4.78 is 29.4. The van der Waals surface area contributed by atoms with Crippen LogP contribution in [0.5, 0.6) is 0 Å². The van der Waals surface area contributed by atoms with Gasteiger partial charge in [-0.3, -0.25) is 13.9 Å². The molecule has 2 amide bonds. The second-order valence-electron chi connectivity index (χ2n) is 12.1. The number of hydrogen-bond donors (Lipinski definition) is 1. The van der Waals surface area contributed by atoms with Gasteiger partial charge < -0.3 is 10.2 Å². The van der Waals surface area contributed by atoms with Crippen LogP contribution in [0.3, 0.4) is 0 Å². The summed E-state index contributed by atoms with van der Waals surface area (Å²) in [4.78, 5) is 29.9. The van der Waals surface area contributed by atoms with Gasteiger partial charge in [0, 0.05) is 28.5 Å². The summed E-state index contributed by atoms with van der Waals surface area (Å²) in [6.45, 7) is 6.59. The van der Waals surface area contributed by atoms with Gasteiger partial charge in [0.05, 0.1) is 20.6 Å². The van der Waals surface area contributed by atoms with E-state index < -0.39 is 40.0 Å². The Morgan fingerprint density at radius 3 is 2.06 bits per heavy atom. The van der Waals surface area contributed by atoms with Gasteiger partial charge in [0.25, 0.3) is 10.0 Å². The van der Waals surface area contributed by atoms with Gasteiger partial charge in [-0.2, -0.15) is 0 Å². The number of hydrogen-bond acceptors (Lipinski definition) is 4. The number of benzene rings is 4. The van der Waals surface area contributed by atoms with Gasteiger partial charge in [-0.15, -0.1) is 0 Å². The molecule has 0 aliphatic heterocycles. The molecule has 0 spiro atoms. The first-order chi connectivity index (χ1) is 22.0. The Balaban J connectivity index is 1.86. The van der Waals surface area contributed by atoms with E-state index in [1.54, 1.807) is 30.3 Å². The SMILES string of the molecule is Cc1ccc(S(=O)(=O)N(CC(=O)N(Cc2ccc(Cl)cc2Cl)[C@@H](Cc2ccccc2)C(=O)NC(C)(C)C)c2ccc(Cl)c(Cl)c2)cc1. The second-order valence-corrected chi connectivity index (χ2v) is 15.6. The number of anilines is 1. The van der Waals surface area contributed by atoms with E-state index in [0.29, 0.717) is 15.6 Å². The molecule has 0 aliphatic rings. The molecule has 0 aliphatic carbocycles. The van der Waals surface area contributed by atoms with Crippen molar-refractivity contribution in [3.63, 3.8) is 0 Å². The molecule has 1 N–H and O–H groups in total. The van der Waals surface area contributed by atoms with Gasteiger partial charge in [-0.05, 0) is 81.3 Å². The minimum absolute atomic E-state index is 0.0272. The maximum absolute atomic E-state index is 14.6. The Kier molecular flexibility index (Phi) is 11.9. The minimum Gasteiger partial charge on any atom is -0.350 e. The van der Waals surface area contributed by atoms with Crippen molar-refractivity contribution in [2.75, 3.05) is 10.8 Å². The fourth-order valence-corrected chi connectivity index (χ4v) is 7.01. The average molecular weight is 736 g/mol. The van der Waals surface area contributed by atoms with E-state index in [1.165, 1.54) is 35.2 Å². The van der Waals surface area contributed by atoms with E-state index >= 15 is 0 Å². The van der Waals surface area contributed by atoms with Crippen molar-refractivity contribution in [2.24, 2.45) is 0 Å². The largest absolute Gasteiger partial charge is 0.350 e. The maximum atomic E-state index is 14.6. The summed E-state index contributed by atoms with van der Waals surface area (Å²) in [7, 11) is -4.31. The average Bonchev–Trinajstić information content (AvgIpc) is 2.99. The summed E-state index contributed by atoms with van der Waals surface area (Å²) in [6.07, 6.45) is 0.150. The lowest BCUT2D eigenvalue weighted by Gasteiger charge is -2.35. The van der Waals surface area contributed by atoms with E-state index in [1.807, 2.05) is 58.0 Å². The molecule has 248 valence electrons. The Hall–Kier alpha value is -3.27. The number of aryl methyl sites for hydroxylation is 1. The zero-order valence-electron chi connectivity index (χ0n) is 26.3. The smallest absolute Gasteiger partial charge is 0.264 e. The monoisotopic (exact) mass is 733 g/mol. The van der Waals surface area contributed by atoms with E-state index in [0.717, 1.165) is 15.4 Å². The van der Waals surface area contributed by atoms with Crippen LogP contribution in [0.15, 0.2) is 95.9 Å². The number of nitrogens with one attached hydrogen (secondary N) is 1. The normalized spacial score (nSPS) is 12.3. The van der Waals surface area contributed by atoms with Crippen LogP contribution in [0.4, 0.5) is 5.69 Å². The van der Waals surface area contributed by atoms with Crippen LogP contribution in [0.25, 0.3) is 0 Å². The number of amides is 2. The Labute approximate surface area is 296 Å². The third-order valence-electron chi connectivity index (χ3n) is 7.20. The van der Waals surface area contributed by atoms with Crippen molar-refractivity contribution in [2.45, 2.75) is 57.1 Å². The molecule has 12 heteroatoms. The number of rotatable bonds is 11. The third kappa shape index (κ3) is 9.64. The van der Waals surface area contributed by atoms with Crippen molar-refractivity contribution in [1.29, 1.82) is 0 Å². The number of nitrogens with zero attached hydrogens (tertiary/aromatic N) is 2. The number of carbonyl (C=O) groups is 2. The first kappa shape index (κ1) is 36.6. The molecule has 0 bridgehead atoms. The molecule has 47 heavy (non-hydrogen) atoms. The number of sulfonamides is 1. The van der Waals surface area contributed by atoms with Gasteiger partial charge in [0.15, 0.2) is 0 Å². The van der Waals surface area contributed by atoms with Crippen LogP contribution < -0.4 is 9.62 Å². The van der Waals surface area contributed by atoms with E-state index in [2.05, 4.69) is 5.32 Å². The highest BCUT2D eigenvalue weighted by atomic mass is 35.5. The van der Waals surface area contributed by atoms with Gasteiger partial charge in [0.2, 0.25) is 11.8 Å². The lowest BCUT2D eigenvalue weighted by molar-refractivity contribution is -0.140. The zero-order chi connectivity index (χ0) is 34.5. The number of carbonyl (C=O) groups excluding carboxylic acids is 2. The fourth-order valence-electron chi connectivity index (χ4n) is 4.85. The quantitative estimate of drug-likeness (QED) is 0.168. The first-order valence-electron chi connectivity index (χ1n) is 14.7. The maximum Gasteiger partial charge on any atom is 0.264 e. The van der Waals surface area contributed by atoms with E-state index in [4.69, 9.17) is 46.4 Å². The molecule has 1 atom stereocenters. The summed E-state index contributed by atoms with van der Waals surface area (Å²) >= 11 is 25.2. The Morgan fingerprint density at radius 1 is 0.809 bits per heavy atom. The van der Waals surface area contributed by atoms with Crippen molar-refractivity contribution in [3.8, 4) is 0 Å². The summed E-state index contributed by atoms with van der Waals surface area (Å²) in [5.74, 6) is -1.06. The fraction of sp³-hybridized carbons (Fsp3) is 0.257. The van der Waals surface area contributed by atoms with Gasteiger partial charge >= 0.3 is 0 Å². The lowest BCUT2D eigenvalue weighted by atomic mass is 10.0. The van der Waals surface area contributed by atoms with Crippen LogP contribution >= 0.6 is 46.4 Å². The molecule has 0 aromatic heterocycles. The summed E-state index contributed by atoms with van der Waals surface area (Å²) in [5.41, 5.74) is 1.68. The van der Waals surface area contributed by atoms with Crippen molar-refractivity contribution in [3.05, 3.63) is 128 Å². The highest BCUT2D eigenvalue weighted by Gasteiger charge is 2.36. The van der Waals surface area contributed by atoms with Crippen LogP contribution in [-0.4, -0.2) is 43.3 Å². The predicted octanol–water partition coefficient (Wildman–Crippen LogP) is 8.36. The van der Waals surface area contributed by atoms with Crippen LogP contribution in [0.1, 0.15) is 37.5 Å². The summed E-state index contributed by atoms with van der Waals surface area (Å²) in [6, 6.07) is 23.7. The van der Waals surface area contributed by atoms with Gasteiger partial charge in [0.1, 0.15) is 12.6 Å². The molecule has 0 unspecified atom stereocenters. The molecule has 0 radical (unpaired) electrons. The second kappa shape index (κ2) is 15.3. The standard InChI is InChI=1S/C35H35Cl4N3O4S/c1-23-10-15-28(16-11-23)47(45,46)42(27-14-17-29(37)31(39)20-27)22-33(43)41(21-25-12-13-26(36)19-30(25)38)32(34(44)40-35(2,3)4)18-24-8-6-5-7-9-24/h5-17,19-20,32H,18,21-22H2,1-4H3,(H,40,44)/t32-/m0/s1. The minimum atomic E-state index is -4.31. The number of halogens is 4. The summed E-state index contributed by atoms with van der Waals surface area (Å²) in [5, 5.41) is 4.01.